The van der Waals surface area contributed by atoms with Gasteiger partial charge in [0.2, 0.25) is 0 Å². The second-order valence-electron chi connectivity index (χ2n) is 4.79. The molecule has 4 aromatic rings. The molecule has 20 heavy (non-hydrogen) atoms. The third-order valence-corrected chi connectivity index (χ3v) is 4.04. The SMILES string of the molecule is Brc1ccc2c(c1)oc1c(-c3ccccc3)cccc12. The molecule has 2 heteroatoms. The lowest BCUT2D eigenvalue weighted by Gasteiger charge is -2.01. The van der Waals surface area contributed by atoms with Crippen molar-refractivity contribution in [3.63, 3.8) is 0 Å². The lowest BCUT2D eigenvalue weighted by molar-refractivity contribution is 0.670. The molecule has 0 aliphatic rings. The first kappa shape index (κ1) is 11.7. The van der Waals surface area contributed by atoms with Crippen molar-refractivity contribution in [2.75, 3.05) is 0 Å². The van der Waals surface area contributed by atoms with Crippen LogP contribution in [0.1, 0.15) is 0 Å². The molecular formula is C18H11BrO. The summed E-state index contributed by atoms with van der Waals surface area (Å²) >= 11 is 3.49. The Morgan fingerprint density at radius 3 is 2.45 bits per heavy atom. The van der Waals surface area contributed by atoms with E-state index in [0.29, 0.717) is 0 Å². The molecule has 1 aromatic heterocycles. The van der Waals surface area contributed by atoms with Crippen LogP contribution in [0.3, 0.4) is 0 Å². The van der Waals surface area contributed by atoms with Crippen LogP contribution in [0.2, 0.25) is 0 Å². The summed E-state index contributed by atoms with van der Waals surface area (Å²) in [5.41, 5.74) is 4.18. The van der Waals surface area contributed by atoms with Crippen LogP contribution in [-0.2, 0) is 0 Å². The zero-order valence-electron chi connectivity index (χ0n) is 10.6. The van der Waals surface area contributed by atoms with Crippen LogP contribution in [0.4, 0.5) is 0 Å². The predicted octanol–water partition coefficient (Wildman–Crippen LogP) is 6.02. The van der Waals surface area contributed by atoms with Gasteiger partial charge in [-0.3, -0.25) is 0 Å². The molecule has 0 unspecified atom stereocenters. The average Bonchev–Trinajstić information content (AvgIpc) is 2.85. The second kappa shape index (κ2) is 4.50. The van der Waals surface area contributed by atoms with Gasteiger partial charge in [-0.15, -0.1) is 0 Å². The Labute approximate surface area is 125 Å². The summed E-state index contributed by atoms with van der Waals surface area (Å²) in [7, 11) is 0. The largest absolute Gasteiger partial charge is 0.455 e. The molecular weight excluding hydrogens is 312 g/mol. The molecule has 96 valence electrons. The van der Waals surface area contributed by atoms with Crippen molar-refractivity contribution in [3.05, 3.63) is 71.2 Å². The van der Waals surface area contributed by atoms with Gasteiger partial charge in [0.25, 0.3) is 0 Å². The molecule has 0 amide bonds. The molecule has 0 aliphatic carbocycles. The number of para-hydroxylation sites is 1. The maximum atomic E-state index is 6.09. The zero-order valence-corrected chi connectivity index (χ0v) is 12.2. The van der Waals surface area contributed by atoms with E-state index < -0.39 is 0 Å². The van der Waals surface area contributed by atoms with Crippen LogP contribution in [0, 0.1) is 0 Å². The summed E-state index contributed by atoms with van der Waals surface area (Å²) in [6.45, 7) is 0. The van der Waals surface area contributed by atoms with Crippen LogP contribution in [0.15, 0.2) is 75.6 Å². The van der Waals surface area contributed by atoms with Crippen LogP contribution in [0.5, 0.6) is 0 Å². The quantitative estimate of drug-likeness (QED) is 0.418. The fourth-order valence-electron chi connectivity index (χ4n) is 2.62. The van der Waals surface area contributed by atoms with E-state index >= 15 is 0 Å². The van der Waals surface area contributed by atoms with Crippen molar-refractivity contribution in [2.24, 2.45) is 0 Å². The number of halogens is 1. The van der Waals surface area contributed by atoms with Gasteiger partial charge >= 0.3 is 0 Å². The summed E-state index contributed by atoms with van der Waals surface area (Å²) in [6, 6.07) is 22.8. The van der Waals surface area contributed by atoms with Crippen molar-refractivity contribution in [3.8, 4) is 11.1 Å². The van der Waals surface area contributed by atoms with Crippen LogP contribution in [0.25, 0.3) is 33.1 Å². The molecule has 0 atom stereocenters. The Morgan fingerprint density at radius 1 is 0.750 bits per heavy atom. The van der Waals surface area contributed by atoms with Crippen molar-refractivity contribution in [2.45, 2.75) is 0 Å². The molecule has 4 rings (SSSR count). The molecule has 0 fully saturated rings. The van der Waals surface area contributed by atoms with Crippen molar-refractivity contribution in [1.82, 2.24) is 0 Å². The number of rotatable bonds is 1. The average molecular weight is 323 g/mol. The van der Waals surface area contributed by atoms with E-state index in [1.54, 1.807) is 0 Å². The van der Waals surface area contributed by atoms with Crippen LogP contribution in [-0.4, -0.2) is 0 Å². The maximum Gasteiger partial charge on any atom is 0.143 e. The normalized spacial score (nSPS) is 11.2. The highest BCUT2D eigenvalue weighted by Gasteiger charge is 2.11. The fourth-order valence-corrected chi connectivity index (χ4v) is 2.96. The first-order chi connectivity index (χ1) is 9.83. The summed E-state index contributed by atoms with van der Waals surface area (Å²) < 4.78 is 7.12. The van der Waals surface area contributed by atoms with Crippen molar-refractivity contribution in [1.29, 1.82) is 0 Å². The third-order valence-electron chi connectivity index (χ3n) is 3.55. The van der Waals surface area contributed by atoms with Gasteiger partial charge < -0.3 is 4.42 Å². The number of fused-ring (bicyclic) bond motifs is 3. The molecule has 0 N–H and O–H groups in total. The summed E-state index contributed by atoms with van der Waals surface area (Å²) in [6.07, 6.45) is 0. The highest BCUT2D eigenvalue weighted by molar-refractivity contribution is 9.10. The van der Waals surface area contributed by atoms with Gasteiger partial charge in [0, 0.05) is 20.8 Å². The summed E-state index contributed by atoms with van der Waals surface area (Å²) in [4.78, 5) is 0. The molecule has 0 spiro atoms. The molecule has 1 nitrogen and oxygen atoms in total. The summed E-state index contributed by atoms with van der Waals surface area (Å²) in [5.74, 6) is 0. The van der Waals surface area contributed by atoms with E-state index in [1.807, 2.05) is 30.3 Å². The molecule has 0 saturated heterocycles. The Bertz CT molecular complexity index is 907. The van der Waals surface area contributed by atoms with Crippen molar-refractivity contribution >= 4 is 37.9 Å². The van der Waals surface area contributed by atoms with E-state index in [0.717, 1.165) is 32.0 Å². The van der Waals surface area contributed by atoms with Crippen LogP contribution < -0.4 is 0 Å². The Balaban J connectivity index is 2.11. The van der Waals surface area contributed by atoms with Crippen molar-refractivity contribution < 1.29 is 4.42 Å². The molecule has 0 radical (unpaired) electrons. The van der Waals surface area contributed by atoms with Crippen LogP contribution >= 0.6 is 15.9 Å². The monoisotopic (exact) mass is 322 g/mol. The van der Waals surface area contributed by atoms with E-state index in [1.165, 1.54) is 5.56 Å². The van der Waals surface area contributed by atoms with E-state index in [4.69, 9.17) is 4.42 Å². The number of hydrogen-bond acceptors (Lipinski definition) is 1. The molecule has 3 aromatic carbocycles. The van der Waals surface area contributed by atoms with Gasteiger partial charge in [-0.1, -0.05) is 64.5 Å². The van der Waals surface area contributed by atoms with E-state index in [-0.39, 0.29) is 0 Å². The second-order valence-corrected chi connectivity index (χ2v) is 5.71. The number of benzene rings is 3. The number of furan rings is 1. The topological polar surface area (TPSA) is 13.1 Å². The lowest BCUT2D eigenvalue weighted by atomic mass is 10.0. The highest BCUT2D eigenvalue weighted by atomic mass is 79.9. The summed E-state index contributed by atoms with van der Waals surface area (Å²) in [5, 5.41) is 2.31. The van der Waals surface area contributed by atoms with E-state index in [9.17, 15) is 0 Å². The molecule has 1 heterocycles. The standard InChI is InChI=1S/C18H11BrO/c19-13-9-10-15-16-8-4-7-14(12-5-2-1-3-6-12)18(16)20-17(15)11-13/h1-11H. The Hall–Kier alpha value is -2.06. The third kappa shape index (κ3) is 1.76. The highest BCUT2D eigenvalue weighted by Crippen LogP contribution is 2.36. The van der Waals surface area contributed by atoms with Gasteiger partial charge in [0.1, 0.15) is 11.2 Å². The first-order valence-corrected chi connectivity index (χ1v) is 7.28. The Morgan fingerprint density at radius 2 is 1.60 bits per heavy atom. The van der Waals surface area contributed by atoms with Gasteiger partial charge in [-0.05, 0) is 23.8 Å². The predicted molar refractivity (Wildman–Crippen MR) is 86.9 cm³/mol. The van der Waals surface area contributed by atoms with Gasteiger partial charge in [-0.25, -0.2) is 0 Å². The number of hydrogen-bond donors (Lipinski definition) is 0. The Kier molecular flexibility index (Phi) is 2.64. The van der Waals surface area contributed by atoms with Gasteiger partial charge in [0.05, 0.1) is 0 Å². The molecule has 0 saturated carbocycles. The fraction of sp³-hybridized carbons (Fsp3) is 0. The van der Waals surface area contributed by atoms with Gasteiger partial charge in [0.15, 0.2) is 0 Å². The van der Waals surface area contributed by atoms with E-state index in [2.05, 4.69) is 52.3 Å². The van der Waals surface area contributed by atoms with Gasteiger partial charge in [-0.2, -0.15) is 0 Å². The first-order valence-electron chi connectivity index (χ1n) is 6.49. The minimum atomic E-state index is 0.915. The minimum Gasteiger partial charge on any atom is -0.455 e. The lowest BCUT2D eigenvalue weighted by Crippen LogP contribution is -1.77. The zero-order chi connectivity index (χ0) is 13.5. The smallest absolute Gasteiger partial charge is 0.143 e. The minimum absolute atomic E-state index is 0.915. The molecule has 0 bridgehead atoms. The molecule has 0 aliphatic heterocycles. The maximum absolute atomic E-state index is 6.09.